The quantitative estimate of drug-likeness (QED) is 0.768. The summed E-state index contributed by atoms with van der Waals surface area (Å²) < 4.78 is 0. The second kappa shape index (κ2) is 7.67. The van der Waals surface area contributed by atoms with E-state index in [0.717, 1.165) is 13.1 Å². The summed E-state index contributed by atoms with van der Waals surface area (Å²) in [5, 5.41) is 3.43. The molecule has 0 aliphatic rings. The third-order valence-corrected chi connectivity index (χ3v) is 4.68. The highest BCUT2D eigenvalue weighted by atomic mass is 32.2. The lowest BCUT2D eigenvalue weighted by Gasteiger charge is -2.12. The molecule has 1 N–H and O–H groups in total. The van der Waals surface area contributed by atoms with Crippen molar-refractivity contribution < 1.29 is 0 Å². The molecule has 0 aliphatic heterocycles. The largest absolute Gasteiger partial charge is 0.313 e. The maximum absolute atomic E-state index is 3.43. The van der Waals surface area contributed by atoms with E-state index in [2.05, 4.69) is 75.5 Å². The molecule has 0 saturated heterocycles. The van der Waals surface area contributed by atoms with Crippen molar-refractivity contribution in [3.8, 4) is 0 Å². The second-order valence-corrected chi connectivity index (χ2v) is 6.83. The molecule has 0 amide bonds. The minimum absolute atomic E-state index is 0.591. The molecule has 2 rings (SSSR count). The van der Waals surface area contributed by atoms with E-state index in [1.807, 2.05) is 11.8 Å². The zero-order valence-electron chi connectivity index (χ0n) is 13.4. The van der Waals surface area contributed by atoms with E-state index in [0.29, 0.717) is 5.92 Å². The molecule has 2 aromatic rings. The van der Waals surface area contributed by atoms with Gasteiger partial charge in [0.2, 0.25) is 0 Å². The lowest BCUT2D eigenvalue weighted by Crippen LogP contribution is -2.12. The normalized spacial score (nSPS) is 11.1. The Labute approximate surface area is 133 Å². The van der Waals surface area contributed by atoms with Gasteiger partial charge < -0.3 is 5.32 Å². The van der Waals surface area contributed by atoms with Crippen molar-refractivity contribution in [1.82, 2.24) is 5.32 Å². The summed E-state index contributed by atoms with van der Waals surface area (Å²) in [7, 11) is 0. The minimum Gasteiger partial charge on any atom is -0.313 e. The highest BCUT2D eigenvalue weighted by molar-refractivity contribution is 7.99. The van der Waals surface area contributed by atoms with Crippen LogP contribution in [-0.4, -0.2) is 6.54 Å². The van der Waals surface area contributed by atoms with Crippen LogP contribution in [0.15, 0.2) is 52.3 Å². The van der Waals surface area contributed by atoms with Crippen LogP contribution in [0.5, 0.6) is 0 Å². The second-order valence-electron chi connectivity index (χ2n) is 5.72. The Hall–Kier alpha value is -1.25. The van der Waals surface area contributed by atoms with Gasteiger partial charge in [-0.25, -0.2) is 0 Å². The van der Waals surface area contributed by atoms with Crippen molar-refractivity contribution in [2.45, 2.75) is 49.9 Å². The molecular weight excluding hydrogens is 274 g/mol. The summed E-state index contributed by atoms with van der Waals surface area (Å²) in [6.07, 6.45) is 0. The molecule has 0 fully saturated rings. The molecule has 112 valence electrons. The van der Waals surface area contributed by atoms with Gasteiger partial charge in [-0.2, -0.15) is 0 Å². The van der Waals surface area contributed by atoms with Crippen LogP contribution < -0.4 is 5.32 Å². The Balaban J connectivity index is 2.18. The Morgan fingerprint density at radius 3 is 2.38 bits per heavy atom. The van der Waals surface area contributed by atoms with E-state index in [1.54, 1.807) is 0 Å². The van der Waals surface area contributed by atoms with Crippen molar-refractivity contribution >= 4 is 11.8 Å². The Morgan fingerprint density at radius 1 is 1.05 bits per heavy atom. The zero-order valence-corrected chi connectivity index (χ0v) is 14.3. The number of benzene rings is 2. The average molecular weight is 299 g/mol. The molecule has 0 radical (unpaired) electrons. The topological polar surface area (TPSA) is 12.0 Å². The molecule has 0 bridgehead atoms. The molecule has 1 nitrogen and oxygen atoms in total. The van der Waals surface area contributed by atoms with Gasteiger partial charge in [-0.05, 0) is 48.7 Å². The van der Waals surface area contributed by atoms with Gasteiger partial charge in [-0.15, -0.1) is 0 Å². The number of rotatable bonds is 6. The molecule has 2 aromatic carbocycles. The van der Waals surface area contributed by atoms with Crippen LogP contribution in [0.3, 0.4) is 0 Å². The molecular formula is C19H25NS. The van der Waals surface area contributed by atoms with Crippen molar-refractivity contribution in [2.24, 2.45) is 0 Å². The summed E-state index contributed by atoms with van der Waals surface area (Å²) in [4.78, 5) is 2.65. The van der Waals surface area contributed by atoms with Crippen LogP contribution in [0.25, 0.3) is 0 Å². The Morgan fingerprint density at radius 2 is 1.76 bits per heavy atom. The van der Waals surface area contributed by atoms with Crippen molar-refractivity contribution in [1.29, 1.82) is 0 Å². The van der Waals surface area contributed by atoms with Crippen LogP contribution in [0.1, 0.15) is 43.4 Å². The molecule has 0 saturated carbocycles. The van der Waals surface area contributed by atoms with E-state index in [4.69, 9.17) is 0 Å². The number of hydrogen-bond acceptors (Lipinski definition) is 2. The molecule has 0 atom stereocenters. The highest BCUT2D eigenvalue weighted by Crippen LogP contribution is 2.32. The van der Waals surface area contributed by atoms with Gasteiger partial charge in [0, 0.05) is 16.3 Å². The van der Waals surface area contributed by atoms with Gasteiger partial charge in [0.05, 0.1) is 0 Å². The van der Waals surface area contributed by atoms with E-state index >= 15 is 0 Å². The van der Waals surface area contributed by atoms with Crippen molar-refractivity contribution in [3.05, 3.63) is 59.2 Å². The lowest BCUT2D eigenvalue weighted by molar-refractivity contribution is 0.717. The fraction of sp³-hybridized carbons (Fsp3) is 0.368. The van der Waals surface area contributed by atoms with Crippen molar-refractivity contribution in [3.63, 3.8) is 0 Å². The number of aryl methyl sites for hydroxylation is 1. The zero-order chi connectivity index (χ0) is 15.2. The molecule has 0 spiro atoms. The Bertz CT molecular complexity index is 573. The van der Waals surface area contributed by atoms with Crippen LogP contribution in [0.4, 0.5) is 0 Å². The van der Waals surface area contributed by atoms with Gasteiger partial charge in [0.25, 0.3) is 0 Å². The van der Waals surface area contributed by atoms with Crippen molar-refractivity contribution in [2.75, 3.05) is 6.54 Å². The first-order valence-electron chi connectivity index (χ1n) is 7.68. The Kier molecular flexibility index (Phi) is 5.89. The maximum Gasteiger partial charge on any atom is 0.0216 e. The summed E-state index contributed by atoms with van der Waals surface area (Å²) in [5.74, 6) is 0.591. The number of hydrogen-bond donors (Lipinski definition) is 1. The van der Waals surface area contributed by atoms with Gasteiger partial charge in [-0.1, -0.05) is 62.4 Å². The van der Waals surface area contributed by atoms with Gasteiger partial charge in [-0.3, -0.25) is 0 Å². The van der Waals surface area contributed by atoms with E-state index in [-0.39, 0.29) is 0 Å². The maximum atomic E-state index is 3.43. The van der Waals surface area contributed by atoms with E-state index in [1.165, 1.54) is 26.5 Å². The van der Waals surface area contributed by atoms with Gasteiger partial charge in [0.1, 0.15) is 0 Å². The average Bonchev–Trinajstić information content (AvgIpc) is 2.48. The minimum atomic E-state index is 0.591. The predicted octanol–water partition coefficient (Wildman–Crippen LogP) is 5.38. The summed E-state index contributed by atoms with van der Waals surface area (Å²) in [5.41, 5.74) is 4.10. The predicted molar refractivity (Wildman–Crippen MR) is 93.2 cm³/mol. The molecule has 2 heteroatoms. The lowest BCUT2D eigenvalue weighted by atomic mass is 10.0. The fourth-order valence-electron chi connectivity index (χ4n) is 2.25. The first kappa shape index (κ1) is 16.1. The standard InChI is InChI=1S/C19H25NS/c1-5-20-13-17-12-15(4)6-11-19(17)21-18-9-7-16(8-10-18)14(2)3/h6-12,14,20H,5,13H2,1-4H3. The van der Waals surface area contributed by atoms with Crippen LogP contribution in [0.2, 0.25) is 0 Å². The van der Waals surface area contributed by atoms with Crippen LogP contribution in [-0.2, 0) is 6.54 Å². The first-order chi connectivity index (χ1) is 10.1. The SMILES string of the molecule is CCNCc1cc(C)ccc1Sc1ccc(C(C)C)cc1. The summed E-state index contributed by atoms with van der Waals surface area (Å²) in [6, 6.07) is 15.7. The molecule has 0 aromatic heterocycles. The summed E-state index contributed by atoms with van der Waals surface area (Å²) >= 11 is 1.85. The van der Waals surface area contributed by atoms with Crippen LogP contribution in [0, 0.1) is 6.92 Å². The third kappa shape index (κ3) is 4.62. The van der Waals surface area contributed by atoms with E-state index < -0.39 is 0 Å². The molecule has 0 heterocycles. The number of nitrogens with one attached hydrogen (secondary N) is 1. The molecule has 21 heavy (non-hydrogen) atoms. The molecule has 0 unspecified atom stereocenters. The summed E-state index contributed by atoms with van der Waals surface area (Å²) in [6.45, 7) is 10.7. The molecule has 0 aliphatic carbocycles. The van der Waals surface area contributed by atoms with Crippen LogP contribution >= 0.6 is 11.8 Å². The van der Waals surface area contributed by atoms with E-state index in [9.17, 15) is 0 Å². The van der Waals surface area contributed by atoms with Gasteiger partial charge in [0.15, 0.2) is 0 Å². The van der Waals surface area contributed by atoms with Gasteiger partial charge >= 0.3 is 0 Å². The first-order valence-corrected chi connectivity index (χ1v) is 8.50. The monoisotopic (exact) mass is 299 g/mol. The highest BCUT2D eigenvalue weighted by Gasteiger charge is 2.06. The third-order valence-electron chi connectivity index (χ3n) is 3.56. The smallest absolute Gasteiger partial charge is 0.0216 e. The fourth-order valence-corrected chi connectivity index (χ4v) is 3.18.